The second-order valence-electron chi connectivity index (χ2n) is 15.7. The molecule has 14 nitrogen and oxygen atoms in total. The van der Waals surface area contributed by atoms with Crippen molar-refractivity contribution in [1.29, 1.82) is 0 Å². The summed E-state index contributed by atoms with van der Waals surface area (Å²) in [5.74, 6) is -3.06. The van der Waals surface area contributed by atoms with Crippen molar-refractivity contribution >= 4 is 39.6 Å². The molecule has 5 amide bonds. The first-order valence-corrected chi connectivity index (χ1v) is 19.1. The lowest BCUT2D eigenvalue weighted by atomic mass is 9.85. The topological polar surface area (TPSA) is 187 Å². The standard InChI is InChI=1S/C37H59N7O7S/c1-12-16-26(30(45)33(47)39-19-13-2)40-32(46)29-25(22-24(3)4)18-21-44(29)34(48)31(37(8,9)10)42-35(49)41-27(36(5,6)7)23-43(11)52(50,51)28-17-14-15-20-38-28/h13-15,17,20,22,25-27,29,31H,2,12,16,18-19,21,23H2,1,3-11H3,(H,39,47)(H,40,46)(H2,41,42,49)/t25-,26?,27-,29+,31-/m1/s1. The van der Waals surface area contributed by atoms with Crippen molar-refractivity contribution in [2.75, 3.05) is 26.7 Å². The first kappa shape index (κ1) is 44.1. The van der Waals surface area contributed by atoms with Crippen LogP contribution in [0.3, 0.4) is 0 Å². The summed E-state index contributed by atoms with van der Waals surface area (Å²) >= 11 is 0. The normalized spacial score (nSPS) is 18.1. The van der Waals surface area contributed by atoms with Crippen LogP contribution < -0.4 is 21.3 Å². The summed E-state index contributed by atoms with van der Waals surface area (Å²) in [7, 11) is -2.54. The van der Waals surface area contributed by atoms with Gasteiger partial charge in [0.25, 0.3) is 15.9 Å². The number of hydrogen-bond donors (Lipinski definition) is 4. The van der Waals surface area contributed by atoms with Gasteiger partial charge in [0.1, 0.15) is 12.1 Å². The minimum atomic E-state index is -3.96. The lowest BCUT2D eigenvalue weighted by molar-refractivity contribution is -0.144. The molecule has 0 aliphatic carbocycles. The van der Waals surface area contributed by atoms with E-state index in [0.29, 0.717) is 12.8 Å². The molecule has 2 rings (SSSR count). The van der Waals surface area contributed by atoms with Crippen LogP contribution in [0.25, 0.3) is 0 Å². The van der Waals surface area contributed by atoms with Gasteiger partial charge in [0, 0.05) is 44.8 Å². The number of hydrogen-bond acceptors (Lipinski definition) is 8. The van der Waals surface area contributed by atoms with E-state index in [2.05, 4.69) is 32.8 Å². The number of sulfonamides is 1. The molecule has 1 aliphatic heterocycles. The van der Waals surface area contributed by atoms with Crippen molar-refractivity contribution in [3.05, 3.63) is 48.7 Å². The predicted molar refractivity (Wildman–Crippen MR) is 200 cm³/mol. The van der Waals surface area contributed by atoms with Crippen LogP contribution in [0, 0.1) is 16.7 Å². The van der Waals surface area contributed by atoms with E-state index in [4.69, 9.17) is 0 Å². The average Bonchev–Trinajstić information content (AvgIpc) is 3.47. The molecule has 2 heterocycles. The average molecular weight is 746 g/mol. The quantitative estimate of drug-likeness (QED) is 0.147. The fraction of sp³-hybridized carbons (Fsp3) is 0.622. The number of aromatic nitrogens is 1. The summed E-state index contributed by atoms with van der Waals surface area (Å²) in [4.78, 5) is 73.1. The number of carbonyl (C=O) groups is 5. The summed E-state index contributed by atoms with van der Waals surface area (Å²) in [5.41, 5.74) is -0.475. The summed E-state index contributed by atoms with van der Waals surface area (Å²) < 4.78 is 27.6. The smallest absolute Gasteiger partial charge is 0.315 e. The molecule has 0 radical (unpaired) electrons. The Morgan fingerprint density at radius 2 is 1.69 bits per heavy atom. The maximum atomic E-state index is 14.4. The molecule has 15 heteroatoms. The Balaban J connectivity index is 2.38. The molecular weight excluding hydrogens is 687 g/mol. The molecule has 1 aromatic rings. The third kappa shape index (κ3) is 12.0. The van der Waals surface area contributed by atoms with Crippen molar-refractivity contribution in [2.24, 2.45) is 16.7 Å². The third-order valence-corrected chi connectivity index (χ3v) is 10.6. The Labute approximate surface area is 309 Å². The molecule has 1 aromatic heterocycles. The van der Waals surface area contributed by atoms with Gasteiger partial charge in [-0.1, -0.05) is 78.7 Å². The number of nitrogens with zero attached hydrogens (tertiary/aromatic N) is 3. The molecule has 0 saturated carbocycles. The zero-order valence-corrected chi connectivity index (χ0v) is 33.2. The molecule has 1 saturated heterocycles. The zero-order valence-electron chi connectivity index (χ0n) is 32.4. The first-order chi connectivity index (χ1) is 24.1. The Kier molecular flexibility index (Phi) is 15.7. The predicted octanol–water partition coefficient (Wildman–Crippen LogP) is 3.17. The van der Waals surface area contributed by atoms with Gasteiger partial charge >= 0.3 is 6.03 Å². The van der Waals surface area contributed by atoms with Gasteiger partial charge in [0.15, 0.2) is 5.03 Å². The molecule has 1 unspecified atom stereocenters. The number of nitrogens with one attached hydrogen (secondary N) is 4. The summed E-state index contributed by atoms with van der Waals surface area (Å²) in [6.07, 6.45) is 5.96. The van der Waals surface area contributed by atoms with Gasteiger partial charge in [-0.05, 0) is 49.7 Å². The molecule has 1 aliphatic rings. The van der Waals surface area contributed by atoms with Gasteiger partial charge in [-0.3, -0.25) is 19.2 Å². The van der Waals surface area contributed by atoms with E-state index < -0.39 is 74.6 Å². The zero-order chi connectivity index (χ0) is 39.6. The molecular formula is C37H59N7O7S. The highest BCUT2D eigenvalue weighted by molar-refractivity contribution is 7.89. The van der Waals surface area contributed by atoms with Gasteiger partial charge in [0.2, 0.25) is 17.6 Å². The van der Waals surface area contributed by atoms with Gasteiger partial charge < -0.3 is 26.2 Å². The lowest BCUT2D eigenvalue weighted by Gasteiger charge is -2.38. The van der Waals surface area contributed by atoms with Crippen molar-refractivity contribution in [3.63, 3.8) is 0 Å². The third-order valence-electron chi connectivity index (χ3n) is 8.88. The second kappa shape index (κ2) is 18.6. The van der Waals surface area contributed by atoms with E-state index in [9.17, 15) is 32.4 Å². The minimum Gasteiger partial charge on any atom is -0.346 e. The monoisotopic (exact) mass is 745 g/mol. The van der Waals surface area contributed by atoms with E-state index in [1.165, 1.54) is 30.3 Å². The summed E-state index contributed by atoms with van der Waals surface area (Å²) in [6.45, 7) is 20.4. The number of ketones is 1. The lowest BCUT2D eigenvalue weighted by Crippen LogP contribution is -2.62. The fourth-order valence-electron chi connectivity index (χ4n) is 5.92. The number of pyridine rings is 1. The van der Waals surface area contributed by atoms with Crippen molar-refractivity contribution in [1.82, 2.24) is 35.5 Å². The molecule has 290 valence electrons. The van der Waals surface area contributed by atoms with E-state index in [0.717, 1.165) is 9.88 Å². The Morgan fingerprint density at radius 3 is 2.21 bits per heavy atom. The number of urea groups is 1. The number of Topliss-reactive ketones (excluding diaryl/α,β-unsaturated/α-hetero) is 1. The van der Waals surface area contributed by atoms with Gasteiger partial charge in [-0.2, -0.15) is 4.31 Å². The van der Waals surface area contributed by atoms with E-state index in [1.54, 1.807) is 32.9 Å². The van der Waals surface area contributed by atoms with Crippen LogP contribution in [0.4, 0.5) is 4.79 Å². The van der Waals surface area contributed by atoms with E-state index in [1.807, 2.05) is 47.6 Å². The Bertz CT molecular complexity index is 1580. The molecule has 0 spiro atoms. The number of likely N-dealkylation sites (N-methyl/N-ethyl adjacent to an activating group) is 1. The van der Waals surface area contributed by atoms with Crippen molar-refractivity contribution in [2.45, 2.75) is 111 Å². The highest BCUT2D eigenvalue weighted by Gasteiger charge is 2.46. The Morgan fingerprint density at radius 1 is 1.04 bits per heavy atom. The van der Waals surface area contributed by atoms with Crippen LogP contribution in [0.1, 0.15) is 81.6 Å². The summed E-state index contributed by atoms with van der Waals surface area (Å²) in [5, 5.41) is 10.8. The highest BCUT2D eigenvalue weighted by Crippen LogP contribution is 2.31. The van der Waals surface area contributed by atoms with Crippen LogP contribution in [-0.4, -0.2) is 103 Å². The van der Waals surface area contributed by atoms with Crippen LogP contribution >= 0.6 is 0 Å². The van der Waals surface area contributed by atoms with Gasteiger partial charge in [0.05, 0.1) is 6.04 Å². The number of rotatable bonds is 16. The number of likely N-dealkylation sites (tertiary alicyclic amines) is 1. The van der Waals surface area contributed by atoms with E-state index >= 15 is 0 Å². The minimum absolute atomic E-state index is 0.0774. The number of carbonyl (C=O) groups excluding carboxylic acids is 5. The fourth-order valence-corrected chi connectivity index (χ4v) is 7.03. The molecule has 0 aromatic carbocycles. The van der Waals surface area contributed by atoms with E-state index in [-0.39, 0.29) is 37.0 Å². The molecule has 1 fully saturated rings. The van der Waals surface area contributed by atoms with Crippen LogP contribution in [-0.2, 0) is 29.2 Å². The van der Waals surface area contributed by atoms with Gasteiger partial charge in [-0.25, -0.2) is 18.2 Å². The largest absolute Gasteiger partial charge is 0.346 e. The molecule has 5 atom stereocenters. The SMILES string of the molecule is C=CCNC(=O)C(=O)C(CCC)NC(=O)[C@@H]1[C@@H](C=C(C)C)CCN1C(=O)[C@@H](NC(=O)N[C@H](CN(C)S(=O)(=O)c1ccccn1)C(C)(C)C)C(C)(C)C. The van der Waals surface area contributed by atoms with Crippen LogP contribution in [0.2, 0.25) is 0 Å². The molecule has 4 N–H and O–H groups in total. The number of allylic oxidation sites excluding steroid dienone is 1. The highest BCUT2D eigenvalue weighted by atomic mass is 32.2. The Hall–Kier alpha value is -4.11. The molecule has 0 bridgehead atoms. The first-order valence-electron chi connectivity index (χ1n) is 17.7. The summed E-state index contributed by atoms with van der Waals surface area (Å²) in [6, 6.07) is 0.0272. The molecule has 52 heavy (non-hydrogen) atoms. The van der Waals surface area contributed by atoms with Gasteiger partial charge in [-0.15, -0.1) is 6.58 Å². The second-order valence-corrected chi connectivity index (χ2v) is 17.7. The van der Waals surface area contributed by atoms with Crippen LogP contribution in [0.5, 0.6) is 0 Å². The van der Waals surface area contributed by atoms with Crippen molar-refractivity contribution < 1.29 is 32.4 Å². The number of amides is 5. The van der Waals surface area contributed by atoms with Crippen LogP contribution in [0.15, 0.2) is 53.7 Å². The maximum absolute atomic E-state index is 14.4. The van der Waals surface area contributed by atoms with Crippen molar-refractivity contribution in [3.8, 4) is 0 Å². The maximum Gasteiger partial charge on any atom is 0.315 e.